The number of aromatic nitrogens is 4. The Morgan fingerprint density at radius 3 is 2.68 bits per heavy atom. The Balaban J connectivity index is 1.39. The molecule has 0 aliphatic rings. The zero-order valence-electron chi connectivity index (χ0n) is 15.9. The number of rotatable bonds is 6. The Morgan fingerprint density at radius 2 is 1.94 bits per heavy atom. The first-order valence-electron chi connectivity index (χ1n) is 8.84. The van der Waals surface area contributed by atoms with Crippen LogP contribution >= 0.6 is 23.1 Å². The smallest absolute Gasteiger partial charge is 0.406 e. The van der Waals surface area contributed by atoms with Crippen LogP contribution in [0.1, 0.15) is 11.4 Å². The Bertz CT molecular complexity index is 1270. The average Bonchev–Trinajstić information content (AvgIpc) is 3.14. The van der Waals surface area contributed by atoms with E-state index in [1.807, 2.05) is 19.1 Å². The van der Waals surface area contributed by atoms with Gasteiger partial charge in [-0.05, 0) is 43.3 Å². The molecule has 0 aliphatic carbocycles. The van der Waals surface area contributed by atoms with E-state index in [0.717, 1.165) is 5.69 Å². The number of alkyl halides is 3. The number of aryl methyl sites for hydroxylation is 1. The molecule has 12 heteroatoms. The predicted molar refractivity (Wildman–Crippen MR) is 112 cm³/mol. The third-order valence-electron chi connectivity index (χ3n) is 4.02. The first-order valence-corrected chi connectivity index (χ1v) is 10.6. The van der Waals surface area contributed by atoms with Crippen molar-refractivity contribution in [3.05, 3.63) is 70.3 Å². The van der Waals surface area contributed by atoms with Crippen molar-refractivity contribution in [2.24, 2.45) is 0 Å². The van der Waals surface area contributed by atoms with Gasteiger partial charge in [-0.1, -0.05) is 29.2 Å². The molecule has 3 aromatic heterocycles. The van der Waals surface area contributed by atoms with Crippen molar-refractivity contribution in [1.82, 2.24) is 19.6 Å². The van der Waals surface area contributed by atoms with Crippen molar-refractivity contribution < 1.29 is 17.9 Å². The fourth-order valence-electron chi connectivity index (χ4n) is 2.76. The molecule has 0 atom stereocenters. The summed E-state index contributed by atoms with van der Waals surface area (Å²) in [5.41, 5.74) is 2.43. The zero-order valence-corrected chi connectivity index (χ0v) is 17.5. The highest BCUT2D eigenvalue weighted by atomic mass is 32.2. The second-order valence-electron chi connectivity index (χ2n) is 6.31. The molecule has 7 nitrogen and oxygen atoms in total. The second-order valence-corrected chi connectivity index (χ2v) is 8.51. The largest absolute Gasteiger partial charge is 0.573 e. The lowest BCUT2D eigenvalue weighted by Gasteiger charge is -2.09. The van der Waals surface area contributed by atoms with Gasteiger partial charge in [0.25, 0.3) is 5.56 Å². The van der Waals surface area contributed by atoms with Crippen LogP contribution in [0.2, 0.25) is 0 Å². The van der Waals surface area contributed by atoms with E-state index in [1.54, 1.807) is 10.5 Å². The van der Waals surface area contributed by atoms with Crippen LogP contribution in [-0.2, 0) is 5.75 Å². The van der Waals surface area contributed by atoms with E-state index >= 15 is 0 Å². The summed E-state index contributed by atoms with van der Waals surface area (Å²) in [5.74, 6) is 0.137. The standard InChI is InChI=1S/C19H14F3N5O2S2/c1-11-3-2-4-15-23-13(9-16(28)27(11)15)10-30-18-26-25-17(31-18)24-12-5-7-14(8-6-12)29-19(20,21)22/h2-9H,10H2,1H3,(H,24,25). The maximum atomic E-state index is 12.3. The fraction of sp³-hybridized carbons (Fsp3) is 0.158. The molecule has 160 valence electrons. The molecule has 1 aromatic carbocycles. The van der Waals surface area contributed by atoms with Gasteiger partial charge >= 0.3 is 6.36 Å². The van der Waals surface area contributed by atoms with E-state index < -0.39 is 6.36 Å². The van der Waals surface area contributed by atoms with E-state index in [1.165, 1.54) is 53.4 Å². The van der Waals surface area contributed by atoms with E-state index in [9.17, 15) is 18.0 Å². The number of hydrogen-bond donors (Lipinski definition) is 1. The minimum atomic E-state index is -4.73. The Morgan fingerprint density at radius 1 is 1.16 bits per heavy atom. The normalized spacial score (nSPS) is 11.6. The SMILES string of the molecule is Cc1cccc2nc(CSc3nnc(Nc4ccc(OC(F)(F)F)cc4)s3)cc(=O)n12. The maximum Gasteiger partial charge on any atom is 0.573 e. The lowest BCUT2D eigenvalue weighted by molar-refractivity contribution is -0.274. The van der Waals surface area contributed by atoms with E-state index in [-0.39, 0.29) is 11.3 Å². The quantitative estimate of drug-likeness (QED) is 0.410. The number of halogens is 3. The molecule has 1 N–H and O–H groups in total. The Labute approximate surface area is 181 Å². The minimum Gasteiger partial charge on any atom is -0.406 e. The third-order valence-corrected chi connectivity index (χ3v) is 6.03. The molecule has 0 saturated carbocycles. The highest BCUT2D eigenvalue weighted by molar-refractivity contribution is 8.00. The number of benzene rings is 1. The van der Waals surface area contributed by atoms with Gasteiger partial charge in [-0.2, -0.15) is 0 Å². The molecule has 4 rings (SSSR count). The van der Waals surface area contributed by atoms with Crippen molar-refractivity contribution in [3.63, 3.8) is 0 Å². The van der Waals surface area contributed by atoms with Crippen LogP contribution in [0.25, 0.3) is 5.65 Å². The van der Waals surface area contributed by atoms with Gasteiger partial charge in [0.05, 0.1) is 5.69 Å². The van der Waals surface area contributed by atoms with Crippen LogP contribution in [0.15, 0.2) is 57.7 Å². The number of thioether (sulfide) groups is 1. The van der Waals surface area contributed by atoms with Crippen molar-refractivity contribution >= 4 is 39.6 Å². The summed E-state index contributed by atoms with van der Waals surface area (Å²) in [4.78, 5) is 16.9. The number of hydrogen-bond acceptors (Lipinski definition) is 8. The monoisotopic (exact) mass is 465 g/mol. The molecule has 3 heterocycles. The summed E-state index contributed by atoms with van der Waals surface area (Å²) in [5, 5.41) is 11.6. The van der Waals surface area contributed by atoms with Gasteiger partial charge in [0.1, 0.15) is 11.4 Å². The van der Waals surface area contributed by atoms with Crippen LogP contribution in [0.4, 0.5) is 24.0 Å². The highest BCUT2D eigenvalue weighted by Gasteiger charge is 2.30. The second kappa shape index (κ2) is 8.55. The molecule has 0 saturated heterocycles. The number of ether oxygens (including phenoxy) is 1. The van der Waals surface area contributed by atoms with Gasteiger partial charge in [-0.25, -0.2) is 4.98 Å². The summed E-state index contributed by atoms with van der Waals surface area (Å²) in [6, 6.07) is 12.3. The summed E-state index contributed by atoms with van der Waals surface area (Å²) in [7, 11) is 0. The van der Waals surface area contributed by atoms with Crippen LogP contribution in [0.3, 0.4) is 0 Å². The van der Waals surface area contributed by atoms with Crippen molar-refractivity contribution in [2.45, 2.75) is 23.4 Å². The predicted octanol–water partition coefficient (Wildman–Crippen LogP) is 4.79. The summed E-state index contributed by atoms with van der Waals surface area (Å²) in [6.07, 6.45) is -4.73. The number of pyridine rings is 1. The van der Waals surface area contributed by atoms with E-state index in [4.69, 9.17) is 0 Å². The first kappa shape index (κ1) is 21.1. The third kappa shape index (κ3) is 5.33. The molecule has 0 fully saturated rings. The molecule has 0 amide bonds. The van der Waals surface area contributed by atoms with E-state index in [0.29, 0.717) is 32.3 Å². The molecular formula is C19H14F3N5O2S2. The van der Waals surface area contributed by atoms with Crippen LogP contribution < -0.4 is 15.6 Å². The summed E-state index contributed by atoms with van der Waals surface area (Å²) in [6.45, 7) is 1.84. The molecule has 0 spiro atoms. The van der Waals surface area contributed by atoms with Crippen LogP contribution in [0.5, 0.6) is 5.75 Å². The molecule has 0 aliphatic heterocycles. The zero-order chi connectivity index (χ0) is 22.0. The summed E-state index contributed by atoms with van der Waals surface area (Å²) >= 11 is 2.66. The molecule has 0 bridgehead atoms. The van der Waals surface area contributed by atoms with Gasteiger partial charge in [0.15, 0.2) is 4.34 Å². The van der Waals surface area contributed by atoms with Crippen molar-refractivity contribution in [1.29, 1.82) is 0 Å². The molecule has 31 heavy (non-hydrogen) atoms. The average molecular weight is 465 g/mol. The molecule has 4 aromatic rings. The summed E-state index contributed by atoms with van der Waals surface area (Å²) < 4.78 is 42.7. The highest BCUT2D eigenvalue weighted by Crippen LogP contribution is 2.30. The number of fused-ring (bicyclic) bond motifs is 1. The van der Waals surface area contributed by atoms with Crippen molar-refractivity contribution in [2.75, 3.05) is 5.32 Å². The first-order chi connectivity index (χ1) is 14.8. The van der Waals surface area contributed by atoms with Gasteiger partial charge in [0.2, 0.25) is 5.13 Å². The number of nitrogens with one attached hydrogen (secondary N) is 1. The van der Waals surface area contributed by atoms with E-state index in [2.05, 4.69) is 25.2 Å². The minimum absolute atomic E-state index is 0.142. The lowest BCUT2D eigenvalue weighted by Crippen LogP contribution is -2.17. The van der Waals surface area contributed by atoms with Gasteiger partial charge < -0.3 is 10.1 Å². The lowest BCUT2D eigenvalue weighted by atomic mass is 10.3. The van der Waals surface area contributed by atoms with Crippen LogP contribution in [-0.4, -0.2) is 25.9 Å². The topological polar surface area (TPSA) is 81.4 Å². The number of nitrogens with zero attached hydrogens (tertiary/aromatic N) is 4. The molecular weight excluding hydrogens is 451 g/mol. The maximum absolute atomic E-state index is 12.3. The molecule has 0 radical (unpaired) electrons. The van der Waals surface area contributed by atoms with Gasteiger partial charge in [-0.15, -0.1) is 23.4 Å². The Kier molecular flexibility index (Phi) is 5.83. The Hall–Kier alpha value is -3.12. The van der Waals surface area contributed by atoms with Gasteiger partial charge in [-0.3, -0.25) is 9.20 Å². The van der Waals surface area contributed by atoms with Gasteiger partial charge in [0, 0.05) is 23.2 Å². The van der Waals surface area contributed by atoms with Crippen LogP contribution in [0, 0.1) is 6.92 Å². The fourth-order valence-corrected chi connectivity index (χ4v) is 4.42. The number of anilines is 2. The van der Waals surface area contributed by atoms with Crippen molar-refractivity contribution in [3.8, 4) is 5.75 Å². The molecule has 0 unspecified atom stereocenters.